The third-order valence-electron chi connectivity index (χ3n) is 4.11. The zero-order valence-corrected chi connectivity index (χ0v) is 14.8. The lowest BCUT2D eigenvalue weighted by atomic mass is 9.95. The summed E-state index contributed by atoms with van der Waals surface area (Å²) in [6, 6.07) is 5.25. The Labute approximate surface area is 147 Å². The molecule has 126 valence electrons. The van der Waals surface area contributed by atoms with Crippen LogP contribution in [0.15, 0.2) is 18.2 Å². The molecule has 1 N–H and O–H groups in total. The molecule has 2 rings (SSSR count). The van der Waals surface area contributed by atoms with Crippen molar-refractivity contribution in [1.82, 2.24) is 5.32 Å². The molecule has 1 aromatic rings. The normalized spacial score (nSPS) is 15.3. The standard InChI is InChI=1S/C17H22Cl2N2O2/c1-12(22)21(16-8-7-13(18)11-15(16)19)10-9-17(23)20-14-5-3-2-4-6-14/h7-8,11,14H,2-6,9-10H2,1H3,(H,20,23). The minimum atomic E-state index is -0.153. The number of nitrogens with zero attached hydrogens (tertiary/aromatic N) is 1. The largest absolute Gasteiger partial charge is 0.353 e. The second-order valence-electron chi connectivity index (χ2n) is 5.92. The Morgan fingerprint density at radius 3 is 2.52 bits per heavy atom. The quantitative estimate of drug-likeness (QED) is 0.859. The third-order valence-corrected chi connectivity index (χ3v) is 4.65. The van der Waals surface area contributed by atoms with Crippen molar-refractivity contribution in [3.05, 3.63) is 28.2 Å². The van der Waals surface area contributed by atoms with Crippen LogP contribution in [0.4, 0.5) is 5.69 Å². The molecule has 0 saturated heterocycles. The first-order valence-electron chi connectivity index (χ1n) is 8.00. The van der Waals surface area contributed by atoms with Gasteiger partial charge >= 0.3 is 0 Å². The van der Waals surface area contributed by atoms with Crippen LogP contribution in [0.1, 0.15) is 45.4 Å². The first-order valence-corrected chi connectivity index (χ1v) is 8.75. The van der Waals surface area contributed by atoms with Gasteiger partial charge in [-0.25, -0.2) is 0 Å². The molecule has 1 aliphatic rings. The van der Waals surface area contributed by atoms with E-state index in [1.54, 1.807) is 18.2 Å². The van der Waals surface area contributed by atoms with Crippen LogP contribution in [0.5, 0.6) is 0 Å². The molecule has 0 atom stereocenters. The summed E-state index contributed by atoms with van der Waals surface area (Å²) in [7, 11) is 0. The Morgan fingerprint density at radius 2 is 1.91 bits per heavy atom. The molecule has 1 aliphatic carbocycles. The van der Waals surface area contributed by atoms with E-state index in [-0.39, 0.29) is 24.3 Å². The Balaban J connectivity index is 1.94. The summed E-state index contributed by atoms with van der Waals surface area (Å²) in [6.07, 6.45) is 5.95. The molecular weight excluding hydrogens is 335 g/mol. The van der Waals surface area contributed by atoms with Crippen molar-refractivity contribution in [2.24, 2.45) is 0 Å². The second-order valence-corrected chi connectivity index (χ2v) is 6.76. The number of anilines is 1. The fourth-order valence-electron chi connectivity index (χ4n) is 2.91. The lowest BCUT2D eigenvalue weighted by Gasteiger charge is -2.25. The third kappa shape index (κ3) is 5.40. The van der Waals surface area contributed by atoms with Crippen molar-refractivity contribution in [3.63, 3.8) is 0 Å². The Kier molecular flexibility index (Phi) is 6.72. The van der Waals surface area contributed by atoms with Crippen LogP contribution in [-0.4, -0.2) is 24.4 Å². The molecule has 0 bridgehead atoms. The van der Waals surface area contributed by atoms with E-state index in [0.717, 1.165) is 12.8 Å². The highest BCUT2D eigenvalue weighted by molar-refractivity contribution is 6.36. The number of rotatable bonds is 5. The first-order chi connectivity index (χ1) is 11.0. The molecule has 23 heavy (non-hydrogen) atoms. The molecule has 0 aliphatic heterocycles. The lowest BCUT2D eigenvalue weighted by molar-refractivity contribution is -0.121. The van der Waals surface area contributed by atoms with Crippen LogP contribution >= 0.6 is 23.2 Å². The highest BCUT2D eigenvalue weighted by Gasteiger charge is 2.19. The van der Waals surface area contributed by atoms with E-state index < -0.39 is 0 Å². The van der Waals surface area contributed by atoms with Gasteiger partial charge in [0.15, 0.2) is 0 Å². The van der Waals surface area contributed by atoms with Crippen LogP contribution in [0, 0.1) is 0 Å². The maximum Gasteiger partial charge on any atom is 0.223 e. The highest BCUT2D eigenvalue weighted by atomic mass is 35.5. The molecule has 0 heterocycles. The minimum absolute atomic E-state index is 0.0202. The number of carbonyl (C=O) groups is 2. The van der Waals surface area contributed by atoms with Crippen molar-refractivity contribution in [2.75, 3.05) is 11.4 Å². The van der Waals surface area contributed by atoms with Crippen molar-refractivity contribution >= 4 is 40.7 Å². The number of amides is 2. The molecule has 1 aromatic carbocycles. The van der Waals surface area contributed by atoms with Crippen LogP contribution < -0.4 is 10.2 Å². The Hall–Kier alpha value is -1.26. The van der Waals surface area contributed by atoms with Crippen molar-refractivity contribution in [2.45, 2.75) is 51.5 Å². The minimum Gasteiger partial charge on any atom is -0.353 e. The molecule has 0 radical (unpaired) electrons. The van der Waals surface area contributed by atoms with Gasteiger partial charge in [-0.3, -0.25) is 9.59 Å². The number of hydrogen-bond acceptors (Lipinski definition) is 2. The summed E-state index contributed by atoms with van der Waals surface area (Å²) < 4.78 is 0. The van der Waals surface area contributed by atoms with E-state index in [2.05, 4.69) is 5.32 Å². The van der Waals surface area contributed by atoms with E-state index >= 15 is 0 Å². The van der Waals surface area contributed by atoms with Crippen LogP contribution in [0.2, 0.25) is 10.0 Å². The second kappa shape index (κ2) is 8.55. The van der Waals surface area contributed by atoms with Gasteiger partial charge in [0.1, 0.15) is 0 Å². The molecule has 1 fully saturated rings. The molecule has 0 aromatic heterocycles. The van der Waals surface area contributed by atoms with E-state index in [0.29, 0.717) is 22.3 Å². The first kappa shape index (κ1) is 18.1. The average Bonchev–Trinajstić information content (AvgIpc) is 2.50. The van der Waals surface area contributed by atoms with Crippen molar-refractivity contribution in [3.8, 4) is 0 Å². The fourth-order valence-corrected chi connectivity index (χ4v) is 3.42. The van der Waals surface area contributed by atoms with E-state index in [1.807, 2.05) is 0 Å². The molecule has 4 nitrogen and oxygen atoms in total. The topological polar surface area (TPSA) is 49.4 Å². The van der Waals surface area contributed by atoms with Crippen LogP contribution in [0.3, 0.4) is 0 Å². The smallest absolute Gasteiger partial charge is 0.223 e. The number of nitrogens with one attached hydrogen (secondary N) is 1. The number of halogens is 2. The lowest BCUT2D eigenvalue weighted by Crippen LogP contribution is -2.39. The zero-order chi connectivity index (χ0) is 16.8. The summed E-state index contributed by atoms with van der Waals surface area (Å²) in [6.45, 7) is 1.76. The van der Waals surface area contributed by atoms with Crippen molar-refractivity contribution < 1.29 is 9.59 Å². The summed E-state index contributed by atoms with van der Waals surface area (Å²) in [5.74, 6) is -0.173. The number of benzene rings is 1. The molecule has 1 saturated carbocycles. The van der Waals surface area contributed by atoms with Crippen LogP contribution in [-0.2, 0) is 9.59 Å². The van der Waals surface area contributed by atoms with Gasteiger partial charge < -0.3 is 10.2 Å². The van der Waals surface area contributed by atoms with Gasteiger partial charge in [0.2, 0.25) is 11.8 Å². The number of carbonyl (C=O) groups excluding carboxylic acids is 2. The molecule has 0 unspecified atom stereocenters. The Bertz CT molecular complexity index is 572. The zero-order valence-electron chi connectivity index (χ0n) is 13.3. The summed E-state index contributed by atoms with van der Waals surface area (Å²) in [5, 5.41) is 3.97. The van der Waals surface area contributed by atoms with E-state index in [4.69, 9.17) is 23.2 Å². The maximum absolute atomic E-state index is 12.1. The molecule has 6 heteroatoms. The fraction of sp³-hybridized carbons (Fsp3) is 0.529. The van der Waals surface area contributed by atoms with E-state index in [1.165, 1.54) is 31.1 Å². The van der Waals surface area contributed by atoms with Gasteiger partial charge in [-0.1, -0.05) is 42.5 Å². The molecule has 0 spiro atoms. The van der Waals surface area contributed by atoms with Crippen molar-refractivity contribution in [1.29, 1.82) is 0 Å². The van der Waals surface area contributed by atoms with Gasteiger partial charge in [0.05, 0.1) is 10.7 Å². The maximum atomic E-state index is 12.1. The SMILES string of the molecule is CC(=O)N(CCC(=O)NC1CCCCC1)c1ccc(Cl)cc1Cl. The van der Waals surface area contributed by atoms with E-state index in [9.17, 15) is 9.59 Å². The molecular formula is C17H22Cl2N2O2. The summed E-state index contributed by atoms with van der Waals surface area (Å²) in [4.78, 5) is 25.5. The summed E-state index contributed by atoms with van der Waals surface area (Å²) in [5.41, 5.74) is 0.578. The van der Waals surface area contributed by atoms with Gasteiger partial charge in [0, 0.05) is 31.0 Å². The Morgan fingerprint density at radius 1 is 1.22 bits per heavy atom. The number of hydrogen-bond donors (Lipinski definition) is 1. The summed E-state index contributed by atoms with van der Waals surface area (Å²) >= 11 is 12.0. The average molecular weight is 357 g/mol. The molecule has 2 amide bonds. The predicted molar refractivity (Wildman–Crippen MR) is 94.1 cm³/mol. The van der Waals surface area contributed by atoms with Gasteiger partial charge in [-0.15, -0.1) is 0 Å². The van der Waals surface area contributed by atoms with Gasteiger partial charge in [0.25, 0.3) is 0 Å². The predicted octanol–water partition coefficient (Wildman–Crippen LogP) is 4.19. The highest BCUT2D eigenvalue weighted by Crippen LogP contribution is 2.29. The monoisotopic (exact) mass is 356 g/mol. The van der Waals surface area contributed by atoms with Gasteiger partial charge in [-0.2, -0.15) is 0 Å². The van der Waals surface area contributed by atoms with Crippen LogP contribution in [0.25, 0.3) is 0 Å². The van der Waals surface area contributed by atoms with Gasteiger partial charge in [-0.05, 0) is 31.0 Å².